The summed E-state index contributed by atoms with van der Waals surface area (Å²) >= 11 is 6.24. The molecule has 21 heavy (non-hydrogen) atoms. The lowest BCUT2D eigenvalue weighted by Crippen LogP contribution is -2.52. The number of hydrogen-bond donors (Lipinski definition) is 1. The maximum absolute atomic E-state index is 6.24. The van der Waals surface area contributed by atoms with Crippen molar-refractivity contribution < 1.29 is 0 Å². The Kier molecular flexibility index (Phi) is 4.36. The Hall–Kier alpha value is -0.870. The van der Waals surface area contributed by atoms with Gasteiger partial charge >= 0.3 is 0 Å². The molecule has 2 unspecified atom stereocenters. The molecule has 116 valence electrons. The van der Waals surface area contributed by atoms with Crippen molar-refractivity contribution in [3.05, 3.63) is 16.5 Å². The molecule has 0 radical (unpaired) electrons. The van der Waals surface area contributed by atoms with E-state index in [-0.39, 0.29) is 0 Å². The summed E-state index contributed by atoms with van der Waals surface area (Å²) in [6.45, 7) is 4.06. The molecule has 0 aromatic carbocycles. The van der Waals surface area contributed by atoms with Crippen LogP contribution in [0.1, 0.15) is 50.4 Å². The van der Waals surface area contributed by atoms with E-state index in [9.17, 15) is 0 Å². The van der Waals surface area contributed by atoms with Crippen LogP contribution < -0.4 is 5.32 Å². The molecule has 2 bridgehead atoms. The highest BCUT2D eigenvalue weighted by Gasteiger charge is 2.36. The fraction of sp³-hybridized carbons (Fsp3) is 0.750. The molecule has 0 saturated carbocycles. The molecular weight excluding hydrogens is 284 g/mol. The van der Waals surface area contributed by atoms with Crippen LogP contribution in [0, 0.1) is 6.92 Å². The normalized spacial score (nSPS) is 29.4. The van der Waals surface area contributed by atoms with E-state index in [2.05, 4.69) is 34.2 Å². The number of fused-ring (bicyclic) bond motifs is 2. The first-order valence-corrected chi connectivity index (χ1v) is 8.47. The molecule has 2 fully saturated rings. The first-order valence-electron chi connectivity index (χ1n) is 8.10. The van der Waals surface area contributed by atoms with Gasteiger partial charge in [-0.15, -0.1) is 0 Å². The maximum Gasteiger partial charge on any atom is 0.137 e. The predicted molar refractivity (Wildman–Crippen MR) is 87.0 cm³/mol. The van der Waals surface area contributed by atoms with Gasteiger partial charge in [-0.2, -0.15) is 0 Å². The van der Waals surface area contributed by atoms with Crippen LogP contribution in [0.4, 0.5) is 5.82 Å². The van der Waals surface area contributed by atoms with Gasteiger partial charge in [-0.25, -0.2) is 9.97 Å². The smallest absolute Gasteiger partial charge is 0.137 e. The minimum Gasteiger partial charge on any atom is -0.367 e. The summed E-state index contributed by atoms with van der Waals surface area (Å²) in [5.74, 6) is 1.75. The molecule has 3 rings (SSSR count). The van der Waals surface area contributed by atoms with Gasteiger partial charge in [0.2, 0.25) is 0 Å². The topological polar surface area (TPSA) is 41.1 Å². The first kappa shape index (κ1) is 15.0. The first-order chi connectivity index (χ1) is 10.1. The predicted octanol–water partition coefficient (Wildman–Crippen LogP) is 3.43. The monoisotopic (exact) mass is 308 g/mol. The number of aryl methyl sites for hydroxylation is 1. The van der Waals surface area contributed by atoms with Crippen LogP contribution in [0.3, 0.4) is 0 Å². The van der Waals surface area contributed by atoms with E-state index < -0.39 is 0 Å². The Morgan fingerprint density at radius 3 is 2.52 bits per heavy atom. The summed E-state index contributed by atoms with van der Waals surface area (Å²) in [7, 11) is 2.28. The highest BCUT2D eigenvalue weighted by atomic mass is 35.5. The molecule has 0 spiro atoms. The third-order valence-electron chi connectivity index (χ3n) is 5.13. The Morgan fingerprint density at radius 2 is 1.90 bits per heavy atom. The number of piperidine rings is 2. The van der Waals surface area contributed by atoms with Crippen molar-refractivity contribution in [1.82, 2.24) is 14.9 Å². The summed E-state index contributed by atoms with van der Waals surface area (Å²) in [6.07, 6.45) is 7.26. The molecule has 1 N–H and O–H groups in total. The molecule has 3 heterocycles. The molecule has 2 saturated heterocycles. The van der Waals surface area contributed by atoms with Crippen LogP contribution in [-0.4, -0.2) is 40.0 Å². The van der Waals surface area contributed by atoms with Gasteiger partial charge in [0.1, 0.15) is 16.8 Å². The van der Waals surface area contributed by atoms with E-state index in [0.717, 1.165) is 35.7 Å². The third kappa shape index (κ3) is 3.02. The van der Waals surface area contributed by atoms with E-state index in [1.54, 1.807) is 0 Å². The van der Waals surface area contributed by atoms with Crippen LogP contribution >= 0.6 is 11.6 Å². The van der Waals surface area contributed by atoms with Gasteiger partial charge in [0.25, 0.3) is 0 Å². The van der Waals surface area contributed by atoms with E-state index >= 15 is 0 Å². The second-order valence-corrected chi connectivity index (χ2v) is 6.83. The Balaban J connectivity index is 1.76. The molecule has 4 nitrogen and oxygen atoms in total. The molecule has 1 aromatic heterocycles. The minimum atomic E-state index is 0.505. The number of nitrogens with one attached hydrogen (secondary N) is 1. The summed E-state index contributed by atoms with van der Waals surface area (Å²) in [5.41, 5.74) is 0.970. The molecule has 5 heteroatoms. The van der Waals surface area contributed by atoms with Crippen molar-refractivity contribution in [2.45, 2.75) is 70.5 Å². The van der Waals surface area contributed by atoms with Crippen molar-refractivity contribution >= 4 is 17.4 Å². The fourth-order valence-electron chi connectivity index (χ4n) is 3.76. The molecule has 2 aliphatic rings. The number of nitrogens with zero attached hydrogens (tertiary/aromatic N) is 3. The molecule has 1 aromatic rings. The highest BCUT2D eigenvalue weighted by molar-refractivity contribution is 6.30. The summed E-state index contributed by atoms with van der Waals surface area (Å²) in [6, 6.07) is 1.95. The van der Waals surface area contributed by atoms with Gasteiger partial charge in [-0.3, -0.25) is 0 Å². The number of aromatic nitrogens is 2. The number of rotatable bonds is 3. The van der Waals surface area contributed by atoms with Gasteiger partial charge in [-0.1, -0.05) is 24.9 Å². The van der Waals surface area contributed by atoms with Crippen LogP contribution in [0.2, 0.25) is 5.15 Å². The Labute approximate surface area is 132 Å². The lowest BCUT2D eigenvalue weighted by molar-refractivity contribution is 0.0607. The zero-order chi connectivity index (χ0) is 15.0. The number of halogens is 1. The van der Waals surface area contributed by atoms with Crippen molar-refractivity contribution in [3.8, 4) is 0 Å². The quantitative estimate of drug-likeness (QED) is 0.869. The second kappa shape index (κ2) is 6.09. The van der Waals surface area contributed by atoms with Crippen molar-refractivity contribution in [3.63, 3.8) is 0 Å². The lowest BCUT2D eigenvalue weighted by Gasteiger charge is -2.47. The van der Waals surface area contributed by atoms with Gasteiger partial charge in [0.15, 0.2) is 0 Å². The van der Waals surface area contributed by atoms with Crippen molar-refractivity contribution in [1.29, 1.82) is 0 Å². The maximum atomic E-state index is 6.24. The van der Waals surface area contributed by atoms with Crippen molar-refractivity contribution in [2.75, 3.05) is 12.4 Å². The van der Waals surface area contributed by atoms with Gasteiger partial charge in [0, 0.05) is 30.1 Å². The highest BCUT2D eigenvalue weighted by Crippen LogP contribution is 2.34. The molecular formula is C16H25ClN4. The van der Waals surface area contributed by atoms with Gasteiger partial charge < -0.3 is 10.2 Å². The van der Waals surface area contributed by atoms with E-state index in [1.807, 2.05) is 6.92 Å². The van der Waals surface area contributed by atoms with E-state index in [4.69, 9.17) is 11.6 Å². The van der Waals surface area contributed by atoms with Crippen LogP contribution in [-0.2, 0) is 6.42 Å². The largest absolute Gasteiger partial charge is 0.367 e. The summed E-state index contributed by atoms with van der Waals surface area (Å²) in [5, 5.41) is 4.23. The lowest BCUT2D eigenvalue weighted by atomic mass is 9.82. The number of anilines is 1. The fourth-order valence-corrected chi connectivity index (χ4v) is 3.95. The average molecular weight is 309 g/mol. The molecule has 0 amide bonds. The Bertz CT molecular complexity index is 505. The van der Waals surface area contributed by atoms with Gasteiger partial charge in [0.05, 0.1) is 0 Å². The zero-order valence-electron chi connectivity index (χ0n) is 13.2. The molecule has 2 aliphatic heterocycles. The van der Waals surface area contributed by atoms with Crippen LogP contribution in [0.5, 0.6) is 0 Å². The van der Waals surface area contributed by atoms with E-state index in [1.165, 1.54) is 32.1 Å². The SMILES string of the molecule is CCc1nc(Cl)c(C)c(NC2CC3CCCC(C2)N3C)n1. The molecule has 0 aliphatic carbocycles. The standard InChI is InChI=1S/C16H25ClN4/c1-4-14-19-15(17)10(2)16(20-14)18-11-8-12-6-5-7-13(9-11)21(12)3/h11-13H,4-9H2,1-3H3,(H,18,19,20). The van der Waals surface area contributed by atoms with Gasteiger partial charge in [-0.05, 0) is 39.7 Å². The minimum absolute atomic E-state index is 0.505. The Morgan fingerprint density at radius 1 is 1.24 bits per heavy atom. The van der Waals surface area contributed by atoms with Crippen LogP contribution in [0.15, 0.2) is 0 Å². The van der Waals surface area contributed by atoms with E-state index in [0.29, 0.717) is 11.2 Å². The average Bonchev–Trinajstić information content (AvgIpc) is 2.44. The van der Waals surface area contributed by atoms with Crippen LogP contribution in [0.25, 0.3) is 0 Å². The number of hydrogen-bond acceptors (Lipinski definition) is 4. The van der Waals surface area contributed by atoms with Crippen molar-refractivity contribution in [2.24, 2.45) is 0 Å². The summed E-state index contributed by atoms with van der Waals surface area (Å²) < 4.78 is 0. The third-order valence-corrected chi connectivity index (χ3v) is 5.50. The summed E-state index contributed by atoms with van der Waals surface area (Å²) in [4.78, 5) is 11.5. The molecule has 2 atom stereocenters. The zero-order valence-corrected chi connectivity index (χ0v) is 14.0. The second-order valence-electron chi connectivity index (χ2n) is 6.47.